The summed E-state index contributed by atoms with van der Waals surface area (Å²) in [6.45, 7) is 3.87. The summed E-state index contributed by atoms with van der Waals surface area (Å²) in [5, 5.41) is 11.0. The zero-order valence-electron chi connectivity index (χ0n) is 12.1. The number of nitrogens with zero attached hydrogens (tertiary/aromatic N) is 2. The number of aromatic hydroxyl groups is 1. The van der Waals surface area contributed by atoms with Crippen LogP contribution in [0, 0.1) is 13.8 Å². The number of aromatic nitrogens is 1. The summed E-state index contributed by atoms with van der Waals surface area (Å²) in [5.74, 6) is 0.0158. The molecule has 1 aliphatic rings. The maximum absolute atomic E-state index is 12.7. The number of thioether (sulfide) groups is 1. The summed E-state index contributed by atoms with van der Waals surface area (Å²) in [7, 11) is 0. The number of amides is 1. The predicted molar refractivity (Wildman–Crippen MR) is 93.4 cm³/mol. The first-order chi connectivity index (χ1) is 10.5. The van der Waals surface area contributed by atoms with E-state index < -0.39 is 0 Å². The third-order valence-electron chi connectivity index (χ3n) is 3.38. The molecule has 22 heavy (non-hydrogen) atoms. The minimum atomic E-state index is -0.152. The number of phenolic OH excluding ortho intramolecular Hbond substituents is 1. The highest BCUT2D eigenvalue weighted by atomic mass is 32.2. The summed E-state index contributed by atoms with van der Waals surface area (Å²) in [4.78, 5) is 13.2. The van der Waals surface area contributed by atoms with E-state index in [-0.39, 0.29) is 11.7 Å². The van der Waals surface area contributed by atoms with Crippen LogP contribution in [-0.4, -0.2) is 20.0 Å². The van der Waals surface area contributed by atoms with Crippen molar-refractivity contribution in [2.24, 2.45) is 0 Å². The van der Waals surface area contributed by atoms with Gasteiger partial charge in [-0.25, -0.2) is 0 Å². The topological polar surface area (TPSA) is 45.5 Å². The Kier molecular flexibility index (Phi) is 3.80. The molecule has 0 aliphatic carbocycles. The van der Waals surface area contributed by atoms with Crippen molar-refractivity contribution in [1.82, 2.24) is 4.68 Å². The van der Waals surface area contributed by atoms with Crippen molar-refractivity contribution in [3.05, 3.63) is 58.3 Å². The number of hydrogen-bond donors (Lipinski definition) is 1. The molecule has 3 rings (SSSR count). The Morgan fingerprint density at radius 1 is 1.18 bits per heavy atom. The fourth-order valence-electron chi connectivity index (χ4n) is 2.37. The molecular weight excluding hydrogens is 316 g/mol. The predicted octanol–water partition coefficient (Wildman–Crippen LogP) is 3.35. The van der Waals surface area contributed by atoms with Crippen molar-refractivity contribution in [3.63, 3.8) is 0 Å². The van der Waals surface area contributed by atoms with E-state index in [0.717, 1.165) is 17.0 Å². The van der Waals surface area contributed by atoms with Crippen LogP contribution in [0.5, 0.6) is 5.75 Å². The summed E-state index contributed by atoms with van der Waals surface area (Å²) < 4.78 is 2.32. The van der Waals surface area contributed by atoms with Crippen LogP contribution in [0.3, 0.4) is 0 Å². The van der Waals surface area contributed by atoms with E-state index in [4.69, 9.17) is 12.2 Å². The van der Waals surface area contributed by atoms with E-state index in [9.17, 15) is 9.90 Å². The molecule has 0 saturated carbocycles. The normalized spacial score (nSPS) is 16.8. The second-order valence-corrected chi connectivity index (χ2v) is 6.69. The molecule has 0 radical (unpaired) electrons. The largest absolute Gasteiger partial charge is 0.508 e. The number of hydrogen-bond acceptors (Lipinski definition) is 4. The highest BCUT2D eigenvalue weighted by Crippen LogP contribution is 2.33. The molecule has 1 saturated heterocycles. The lowest BCUT2D eigenvalue weighted by Gasteiger charge is -2.20. The quantitative estimate of drug-likeness (QED) is 0.677. The number of thiocarbonyl (C=S) groups is 1. The van der Waals surface area contributed by atoms with E-state index in [0.29, 0.717) is 9.23 Å². The Hall–Kier alpha value is -2.05. The van der Waals surface area contributed by atoms with Crippen LogP contribution in [-0.2, 0) is 4.79 Å². The first kappa shape index (κ1) is 14.9. The fourth-order valence-corrected chi connectivity index (χ4v) is 3.62. The molecule has 0 bridgehead atoms. The Morgan fingerprint density at radius 3 is 2.50 bits per heavy atom. The molecule has 2 aromatic rings. The zero-order valence-corrected chi connectivity index (χ0v) is 13.7. The molecule has 1 fully saturated rings. The van der Waals surface area contributed by atoms with Crippen molar-refractivity contribution in [3.8, 4) is 5.75 Å². The maximum atomic E-state index is 12.7. The molecule has 1 aromatic heterocycles. The van der Waals surface area contributed by atoms with Crippen LogP contribution in [0.25, 0.3) is 6.08 Å². The number of phenols is 1. The van der Waals surface area contributed by atoms with Gasteiger partial charge in [-0.1, -0.05) is 23.9 Å². The van der Waals surface area contributed by atoms with Gasteiger partial charge in [0.15, 0.2) is 4.32 Å². The Balaban J connectivity index is 1.99. The van der Waals surface area contributed by atoms with Crippen molar-refractivity contribution in [2.45, 2.75) is 13.8 Å². The number of carbonyl (C=O) groups excluding carboxylic acids is 1. The smallest absolute Gasteiger partial charge is 0.285 e. The van der Waals surface area contributed by atoms with Gasteiger partial charge in [-0.2, -0.15) is 5.01 Å². The van der Waals surface area contributed by atoms with E-state index in [1.807, 2.05) is 36.7 Å². The van der Waals surface area contributed by atoms with Crippen LogP contribution in [0.15, 0.2) is 41.3 Å². The fraction of sp³-hybridized carbons (Fsp3) is 0.125. The van der Waals surface area contributed by atoms with E-state index >= 15 is 0 Å². The average Bonchev–Trinajstić information content (AvgIpc) is 2.91. The number of carbonyl (C=O) groups is 1. The van der Waals surface area contributed by atoms with E-state index in [2.05, 4.69) is 0 Å². The molecule has 4 nitrogen and oxygen atoms in total. The van der Waals surface area contributed by atoms with Crippen LogP contribution in [0.1, 0.15) is 17.0 Å². The summed E-state index contributed by atoms with van der Waals surface area (Å²) >= 11 is 6.63. The molecule has 1 amide bonds. The van der Waals surface area contributed by atoms with Gasteiger partial charge in [-0.3, -0.25) is 9.47 Å². The minimum absolute atomic E-state index is 0.152. The van der Waals surface area contributed by atoms with Gasteiger partial charge in [0.1, 0.15) is 5.75 Å². The third kappa shape index (κ3) is 2.55. The Morgan fingerprint density at radius 2 is 1.86 bits per heavy atom. The summed E-state index contributed by atoms with van der Waals surface area (Å²) in [6.07, 6.45) is 1.74. The molecular formula is C16H14N2O2S2. The third-order valence-corrected chi connectivity index (χ3v) is 4.66. The SMILES string of the molecule is Cc1ccc(C)n1N1C(=O)/C(=C\c2cccc(O)c2)SC1=S. The highest BCUT2D eigenvalue weighted by molar-refractivity contribution is 8.27. The van der Waals surface area contributed by atoms with Crippen molar-refractivity contribution < 1.29 is 9.90 Å². The molecule has 0 atom stereocenters. The standard InChI is InChI=1S/C16H14N2O2S2/c1-10-6-7-11(2)17(10)18-15(20)14(22-16(18)21)9-12-4-3-5-13(19)8-12/h3-9,19H,1-2H3/b14-9+. The lowest BCUT2D eigenvalue weighted by Crippen LogP contribution is -2.39. The van der Waals surface area contributed by atoms with Gasteiger partial charge in [0.05, 0.1) is 4.91 Å². The van der Waals surface area contributed by atoms with Crippen LogP contribution >= 0.6 is 24.0 Å². The highest BCUT2D eigenvalue weighted by Gasteiger charge is 2.34. The van der Waals surface area contributed by atoms with Crippen molar-refractivity contribution in [1.29, 1.82) is 0 Å². The molecule has 112 valence electrons. The van der Waals surface area contributed by atoms with E-state index in [1.165, 1.54) is 16.8 Å². The first-order valence-corrected chi connectivity index (χ1v) is 7.92. The van der Waals surface area contributed by atoms with Crippen LogP contribution in [0.2, 0.25) is 0 Å². The van der Waals surface area contributed by atoms with Gasteiger partial charge in [-0.05, 0) is 62.0 Å². The van der Waals surface area contributed by atoms with Gasteiger partial charge in [0, 0.05) is 11.4 Å². The van der Waals surface area contributed by atoms with Crippen molar-refractivity contribution >= 4 is 40.3 Å². The Bertz CT molecular complexity index is 789. The minimum Gasteiger partial charge on any atom is -0.508 e. The molecule has 1 N–H and O–H groups in total. The van der Waals surface area contributed by atoms with Crippen molar-refractivity contribution in [2.75, 3.05) is 5.01 Å². The number of aryl methyl sites for hydroxylation is 2. The van der Waals surface area contributed by atoms with Gasteiger partial charge in [-0.15, -0.1) is 0 Å². The second-order valence-electron chi connectivity index (χ2n) is 5.02. The number of rotatable bonds is 2. The van der Waals surface area contributed by atoms with Gasteiger partial charge in [0.2, 0.25) is 0 Å². The molecule has 0 unspecified atom stereocenters. The maximum Gasteiger partial charge on any atom is 0.285 e. The molecule has 0 spiro atoms. The summed E-state index contributed by atoms with van der Waals surface area (Å²) in [6, 6.07) is 10.7. The van der Waals surface area contributed by atoms with Gasteiger partial charge < -0.3 is 5.11 Å². The molecule has 2 heterocycles. The summed E-state index contributed by atoms with van der Waals surface area (Å²) in [5.41, 5.74) is 2.67. The molecule has 6 heteroatoms. The lowest BCUT2D eigenvalue weighted by atomic mass is 10.2. The van der Waals surface area contributed by atoms with E-state index in [1.54, 1.807) is 24.3 Å². The Labute approximate surface area is 138 Å². The van der Waals surface area contributed by atoms with Gasteiger partial charge >= 0.3 is 0 Å². The first-order valence-electron chi connectivity index (χ1n) is 6.69. The molecule has 1 aliphatic heterocycles. The monoisotopic (exact) mass is 330 g/mol. The molecule has 1 aromatic carbocycles. The average molecular weight is 330 g/mol. The number of benzene rings is 1. The van der Waals surface area contributed by atoms with Crippen LogP contribution in [0.4, 0.5) is 0 Å². The lowest BCUT2D eigenvalue weighted by molar-refractivity contribution is -0.114. The van der Waals surface area contributed by atoms with Crippen LogP contribution < -0.4 is 5.01 Å². The second kappa shape index (κ2) is 5.62. The zero-order chi connectivity index (χ0) is 15.9. The van der Waals surface area contributed by atoms with Gasteiger partial charge in [0.25, 0.3) is 5.91 Å².